The van der Waals surface area contributed by atoms with Crippen LogP contribution in [0.1, 0.15) is 11.1 Å². The standard InChI is InChI=1S/C20H14N4OS/c1-22-20-24(23-12-15-8-6-14(11-21)7-9-15)17(13-26-20)19-10-16-4-2-3-5-18(16)25-19/h2-10,12-13H,1H3. The lowest BCUT2D eigenvalue weighted by atomic mass is 10.2. The van der Waals surface area contributed by atoms with Crippen LogP contribution in [0.25, 0.3) is 22.4 Å². The minimum Gasteiger partial charge on any atom is -0.454 e. The first-order valence-corrected chi connectivity index (χ1v) is 8.83. The summed E-state index contributed by atoms with van der Waals surface area (Å²) in [5.74, 6) is 0.745. The van der Waals surface area contributed by atoms with Gasteiger partial charge in [-0.05, 0) is 29.8 Å². The molecule has 26 heavy (non-hydrogen) atoms. The number of fused-ring (bicyclic) bond motifs is 1. The largest absolute Gasteiger partial charge is 0.454 e. The Labute approximate surface area is 153 Å². The van der Waals surface area contributed by atoms with E-state index in [0.717, 1.165) is 32.8 Å². The Morgan fingerprint density at radius 2 is 1.96 bits per heavy atom. The van der Waals surface area contributed by atoms with Crippen LogP contribution < -0.4 is 4.80 Å². The summed E-state index contributed by atoms with van der Waals surface area (Å²) >= 11 is 1.50. The Morgan fingerprint density at radius 3 is 2.69 bits per heavy atom. The van der Waals surface area contributed by atoms with Crippen molar-refractivity contribution >= 4 is 28.5 Å². The second-order valence-corrected chi connectivity index (χ2v) is 6.40. The number of rotatable bonds is 3. The summed E-state index contributed by atoms with van der Waals surface area (Å²) in [5.41, 5.74) is 3.21. The number of nitrogens with zero attached hydrogens (tertiary/aromatic N) is 4. The van der Waals surface area contributed by atoms with E-state index < -0.39 is 0 Å². The monoisotopic (exact) mass is 358 g/mol. The van der Waals surface area contributed by atoms with E-state index in [1.807, 2.05) is 47.8 Å². The van der Waals surface area contributed by atoms with E-state index in [0.29, 0.717) is 5.56 Å². The first kappa shape index (κ1) is 16.1. The van der Waals surface area contributed by atoms with Crippen molar-refractivity contribution in [3.63, 3.8) is 0 Å². The minimum absolute atomic E-state index is 0.623. The van der Waals surface area contributed by atoms with E-state index >= 15 is 0 Å². The maximum Gasteiger partial charge on any atom is 0.206 e. The molecule has 0 bridgehead atoms. The number of aromatic nitrogens is 1. The lowest BCUT2D eigenvalue weighted by Gasteiger charge is -2.00. The fourth-order valence-corrected chi connectivity index (χ4v) is 3.39. The Hall–Kier alpha value is -3.43. The average molecular weight is 358 g/mol. The van der Waals surface area contributed by atoms with Crippen molar-refractivity contribution in [2.75, 3.05) is 7.05 Å². The van der Waals surface area contributed by atoms with Crippen molar-refractivity contribution in [1.29, 1.82) is 5.26 Å². The summed E-state index contributed by atoms with van der Waals surface area (Å²) in [6.45, 7) is 0. The molecule has 126 valence electrons. The van der Waals surface area contributed by atoms with E-state index in [9.17, 15) is 0 Å². The third-order valence-electron chi connectivity index (χ3n) is 3.92. The van der Waals surface area contributed by atoms with Crippen molar-refractivity contribution < 1.29 is 4.42 Å². The van der Waals surface area contributed by atoms with Gasteiger partial charge in [-0.2, -0.15) is 10.4 Å². The third kappa shape index (κ3) is 2.96. The van der Waals surface area contributed by atoms with Gasteiger partial charge >= 0.3 is 0 Å². The summed E-state index contributed by atoms with van der Waals surface area (Å²) in [4.78, 5) is 5.06. The van der Waals surface area contributed by atoms with Crippen LogP contribution in [0, 0.1) is 11.3 Å². The van der Waals surface area contributed by atoms with Gasteiger partial charge < -0.3 is 4.42 Å². The zero-order valence-electron chi connectivity index (χ0n) is 14.0. The zero-order valence-corrected chi connectivity index (χ0v) is 14.8. The highest BCUT2D eigenvalue weighted by Crippen LogP contribution is 2.28. The minimum atomic E-state index is 0.623. The van der Waals surface area contributed by atoms with Crippen LogP contribution in [-0.2, 0) is 0 Å². The van der Waals surface area contributed by atoms with Gasteiger partial charge in [0.2, 0.25) is 4.80 Å². The molecule has 0 aliphatic carbocycles. The maximum absolute atomic E-state index is 8.89. The Bertz CT molecular complexity index is 1170. The van der Waals surface area contributed by atoms with Crippen LogP contribution >= 0.6 is 11.3 Å². The van der Waals surface area contributed by atoms with E-state index in [4.69, 9.17) is 9.68 Å². The molecule has 0 radical (unpaired) electrons. The lowest BCUT2D eigenvalue weighted by Crippen LogP contribution is -2.11. The van der Waals surface area contributed by atoms with E-state index in [1.165, 1.54) is 11.3 Å². The van der Waals surface area contributed by atoms with Crippen LogP contribution in [0.4, 0.5) is 0 Å². The fourth-order valence-electron chi connectivity index (χ4n) is 2.61. The van der Waals surface area contributed by atoms with Crippen LogP contribution in [-0.4, -0.2) is 17.9 Å². The van der Waals surface area contributed by atoms with Crippen molar-refractivity contribution in [3.05, 3.63) is 75.9 Å². The zero-order chi connectivity index (χ0) is 17.9. The number of para-hydroxylation sites is 1. The first-order chi connectivity index (χ1) is 12.8. The summed E-state index contributed by atoms with van der Waals surface area (Å²) in [7, 11) is 1.74. The molecule has 0 spiro atoms. The molecule has 0 saturated heterocycles. The Kier molecular flexibility index (Phi) is 4.22. The second-order valence-electron chi connectivity index (χ2n) is 5.57. The van der Waals surface area contributed by atoms with Crippen LogP contribution in [0.15, 0.2) is 74.5 Å². The topological polar surface area (TPSA) is 66.6 Å². The molecule has 6 heteroatoms. The van der Waals surface area contributed by atoms with E-state index in [1.54, 1.807) is 30.1 Å². The Morgan fingerprint density at radius 1 is 1.15 bits per heavy atom. The summed E-state index contributed by atoms with van der Waals surface area (Å²) in [6.07, 6.45) is 1.74. The highest BCUT2D eigenvalue weighted by Gasteiger charge is 2.12. The number of thiazole rings is 1. The van der Waals surface area contributed by atoms with Gasteiger partial charge in [0.05, 0.1) is 17.8 Å². The molecule has 0 aliphatic rings. The molecule has 0 N–H and O–H groups in total. The lowest BCUT2D eigenvalue weighted by molar-refractivity contribution is 0.622. The highest BCUT2D eigenvalue weighted by molar-refractivity contribution is 7.07. The first-order valence-electron chi connectivity index (χ1n) is 7.95. The van der Waals surface area contributed by atoms with Gasteiger partial charge in [-0.3, -0.25) is 4.99 Å². The SMILES string of the molecule is CN=c1scc(-c2cc3ccccc3o2)n1N=Cc1ccc(C#N)cc1. The Balaban J connectivity index is 1.77. The molecular weight excluding hydrogens is 344 g/mol. The smallest absolute Gasteiger partial charge is 0.206 e. The summed E-state index contributed by atoms with van der Waals surface area (Å²) in [6, 6.07) is 19.3. The van der Waals surface area contributed by atoms with Crippen LogP contribution in [0.5, 0.6) is 0 Å². The van der Waals surface area contributed by atoms with Crippen molar-refractivity contribution in [2.24, 2.45) is 10.1 Å². The molecule has 0 atom stereocenters. The molecule has 2 aromatic carbocycles. The molecule has 4 aromatic rings. The van der Waals surface area contributed by atoms with Gasteiger partial charge in [0.25, 0.3) is 0 Å². The predicted molar refractivity (Wildman–Crippen MR) is 103 cm³/mol. The van der Waals surface area contributed by atoms with Gasteiger partial charge in [0.1, 0.15) is 11.3 Å². The number of nitriles is 1. The number of hydrogen-bond donors (Lipinski definition) is 0. The van der Waals surface area contributed by atoms with Crippen LogP contribution in [0.2, 0.25) is 0 Å². The molecule has 0 saturated carbocycles. The van der Waals surface area contributed by atoms with Crippen LogP contribution in [0.3, 0.4) is 0 Å². The van der Waals surface area contributed by atoms with E-state index in [2.05, 4.69) is 16.2 Å². The van der Waals surface area contributed by atoms with Gasteiger partial charge in [0, 0.05) is 17.8 Å². The number of benzene rings is 2. The molecule has 5 nitrogen and oxygen atoms in total. The molecule has 2 aromatic heterocycles. The third-order valence-corrected chi connectivity index (χ3v) is 4.82. The maximum atomic E-state index is 8.89. The highest BCUT2D eigenvalue weighted by atomic mass is 32.1. The molecule has 0 unspecified atom stereocenters. The van der Waals surface area contributed by atoms with Gasteiger partial charge in [-0.25, -0.2) is 4.68 Å². The van der Waals surface area contributed by atoms with Crippen molar-refractivity contribution in [1.82, 2.24) is 4.68 Å². The van der Waals surface area contributed by atoms with Gasteiger partial charge in [0.15, 0.2) is 5.76 Å². The average Bonchev–Trinajstić information content (AvgIpc) is 3.29. The molecular formula is C20H14N4OS. The molecule has 0 amide bonds. The normalized spacial score (nSPS) is 12.1. The number of hydrogen-bond acceptors (Lipinski definition) is 5. The van der Waals surface area contributed by atoms with E-state index in [-0.39, 0.29) is 0 Å². The molecule has 0 fully saturated rings. The number of furan rings is 1. The molecule has 0 aliphatic heterocycles. The van der Waals surface area contributed by atoms with Gasteiger partial charge in [-0.1, -0.05) is 30.3 Å². The summed E-state index contributed by atoms with van der Waals surface area (Å²) < 4.78 is 7.73. The quantitative estimate of drug-likeness (QED) is 0.514. The fraction of sp³-hybridized carbons (Fsp3) is 0.0500. The molecule has 4 rings (SSSR count). The molecule has 2 heterocycles. The van der Waals surface area contributed by atoms with Crippen molar-refractivity contribution in [2.45, 2.75) is 0 Å². The summed E-state index contributed by atoms with van der Waals surface area (Å²) in [5, 5.41) is 16.5. The van der Waals surface area contributed by atoms with Crippen molar-refractivity contribution in [3.8, 4) is 17.5 Å². The second kappa shape index (κ2) is 6.82. The van der Waals surface area contributed by atoms with Gasteiger partial charge in [-0.15, -0.1) is 11.3 Å². The predicted octanol–water partition coefficient (Wildman–Crippen LogP) is 4.25.